The Hall–Kier alpha value is -0.0400. The van der Waals surface area contributed by atoms with Gasteiger partial charge in [-0.2, -0.15) is 0 Å². The van der Waals surface area contributed by atoms with E-state index in [0.29, 0.717) is 5.41 Å². The molecule has 0 radical (unpaired) electrons. The quantitative estimate of drug-likeness (QED) is 0.633. The van der Waals surface area contributed by atoms with Crippen LogP contribution in [0.5, 0.6) is 0 Å². The molecule has 1 nitrogen and oxygen atoms in total. The van der Waals surface area contributed by atoms with Crippen LogP contribution in [0.1, 0.15) is 46.0 Å². The van der Waals surface area contributed by atoms with Gasteiger partial charge in [0.2, 0.25) is 0 Å². The molecule has 2 aliphatic rings. The lowest BCUT2D eigenvalue weighted by atomic mass is 9.70. The Labute approximate surface area is 75.9 Å². The monoisotopic (exact) mass is 167 g/mol. The summed E-state index contributed by atoms with van der Waals surface area (Å²) in [5, 5.41) is 3.54. The maximum Gasteiger partial charge on any atom is 0.0107 e. The van der Waals surface area contributed by atoms with E-state index in [1.54, 1.807) is 0 Å². The Morgan fingerprint density at radius 3 is 2.08 bits per heavy atom. The third-order valence-corrected chi connectivity index (χ3v) is 3.81. The minimum atomic E-state index is 0.639. The molecule has 1 saturated heterocycles. The molecule has 0 aromatic heterocycles. The van der Waals surface area contributed by atoms with Gasteiger partial charge in [-0.1, -0.05) is 13.8 Å². The first-order chi connectivity index (χ1) is 5.67. The lowest BCUT2D eigenvalue weighted by molar-refractivity contribution is 0.135. The molecule has 12 heavy (non-hydrogen) atoms. The highest BCUT2D eigenvalue weighted by Crippen LogP contribution is 2.40. The molecule has 1 unspecified atom stereocenters. The fourth-order valence-electron chi connectivity index (χ4n) is 2.54. The van der Waals surface area contributed by atoms with Crippen LogP contribution in [0.2, 0.25) is 0 Å². The molecule has 1 heterocycles. The molecular weight excluding hydrogens is 146 g/mol. The Kier molecular flexibility index (Phi) is 2.16. The van der Waals surface area contributed by atoms with Crippen LogP contribution in [0, 0.1) is 11.3 Å². The van der Waals surface area contributed by atoms with Gasteiger partial charge in [0.1, 0.15) is 0 Å². The summed E-state index contributed by atoms with van der Waals surface area (Å²) in [6.07, 6.45) is 7.24. The summed E-state index contributed by atoms with van der Waals surface area (Å²) in [4.78, 5) is 0. The van der Waals surface area contributed by atoms with E-state index in [0.717, 1.165) is 12.0 Å². The summed E-state index contributed by atoms with van der Waals surface area (Å²) in [7, 11) is 0. The van der Waals surface area contributed by atoms with Gasteiger partial charge in [-0.15, -0.1) is 0 Å². The molecule has 0 aromatic rings. The minimum absolute atomic E-state index is 0.639. The third-order valence-electron chi connectivity index (χ3n) is 3.81. The van der Waals surface area contributed by atoms with Crippen LogP contribution >= 0.6 is 0 Å². The SMILES string of the molecule is CC1(C)CCC(C2CCN2)CC1. The van der Waals surface area contributed by atoms with Crippen LogP contribution in [-0.2, 0) is 0 Å². The average molecular weight is 167 g/mol. The smallest absolute Gasteiger partial charge is 0.0107 e. The second kappa shape index (κ2) is 3.02. The molecule has 2 rings (SSSR count). The van der Waals surface area contributed by atoms with Crippen molar-refractivity contribution in [3.63, 3.8) is 0 Å². The molecule has 0 amide bonds. The topological polar surface area (TPSA) is 12.0 Å². The van der Waals surface area contributed by atoms with Crippen LogP contribution in [-0.4, -0.2) is 12.6 Å². The number of hydrogen-bond acceptors (Lipinski definition) is 1. The molecular formula is C11H21N. The van der Waals surface area contributed by atoms with E-state index in [-0.39, 0.29) is 0 Å². The standard InChI is InChI=1S/C11H21N/c1-11(2)6-3-9(4-7-11)10-5-8-12-10/h9-10,12H,3-8H2,1-2H3. The largest absolute Gasteiger partial charge is 0.314 e. The van der Waals surface area contributed by atoms with Crippen molar-refractivity contribution in [2.75, 3.05) is 6.54 Å². The van der Waals surface area contributed by atoms with Crippen molar-refractivity contribution in [2.45, 2.75) is 52.0 Å². The number of hydrogen-bond donors (Lipinski definition) is 1. The van der Waals surface area contributed by atoms with Crippen molar-refractivity contribution in [3.8, 4) is 0 Å². The predicted molar refractivity (Wildman–Crippen MR) is 52.1 cm³/mol. The Morgan fingerprint density at radius 1 is 1.08 bits per heavy atom. The van der Waals surface area contributed by atoms with Crippen molar-refractivity contribution in [2.24, 2.45) is 11.3 Å². The van der Waals surface area contributed by atoms with Crippen LogP contribution in [0.3, 0.4) is 0 Å². The van der Waals surface area contributed by atoms with Gasteiger partial charge in [-0.25, -0.2) is 0 Å². The summed E-state index contributed by atoms with van der Waals surface area (Å²) in [6.45, 7) is 6.10. The minimum Gasteiger partial charge on any atom is -0.314 e. The maximum absolute atomic E-state index is 3.54. The van der Waals surface area contributed by atoms with Crippen molar-refractivity contribution < 1.29 is 0 Å². The van der Waals surface area contributed by atoms with Gasteiger partial charge in [0.05, 0.1) is 0 Å². The van der Waals surface area contributed by atoms with Gasteiger partial charge < -0.3 is 5.32 Å². The molecule has 70 valence electrons. The second-order valence-electron chi connectivity index (χ2n) is 5.35. The fraction of sp³-hybridized carbons (Fsp3) is 1.00. The van der Waals surface area contributed by atoms with Gasteiger partial charge in [0.25, 0.3) is 0 Å². The van der Waals surface area contributed by atoms with Crippen LogP contribution < -0.4 is 5.32 Å². The zero-order valence-corrected chi connectivity index (χ0v) is 8.40. The van der Waals surface area contributed by atoms with E-state index in [1.807, 2.05) is 0 Å². The lowest BCUT2D eigenvalue weighted by Crippen LogP contribution is -2.49. The summed E-state index contributed by atoms with van der Waals surface area (Å²) < 4.78 is 0. The van der Waals surface area contributed by atoms with Crippen molar-refractivity contribution in [1.82, 2.24) is 5.32 Å². The van der Waals surface area contributed by atoms with E-state index in [1.165, 1.54) is 38.6 Å². The van der Waals surface area contributed by atoms with Gasteiger partial charge >= 0.3 is 0 Å². The zero-order valence-electron chi connectivity index (χ0n) is 8.40. The molecule has 0 spiro atoms. The molecule has 1 heteroatoms. The summed E-state index contributed by atoms with van der Waals surface area (Å²) in [5.74, 6) is 1.01. The number of nitrogens with one attached hydrogen (secondary N) is 1. The van der Waals surface area contributed by atoms with Crippen LogP contribution in [0.15, 0.2) is 0 Å². The highest BCUT2D eigenvalue weighted by Gasteiger charge is 2.33. The van der Waals surface area contributed by atoms with E-state index < -0.39 is 0 Å². The van der Waals surface area contributed by atoms with E-state index in [9.17, 15) is 0 Å². The van der Waals surface area contributed by atoms with Gasteiger partial charge in [-0.05, 0) is 50.0 Å². The van der Waals surface area contributed by atoms with E-state index >= 15 is 0 Å². The van der Waals surface area contributed by atoms with Gasteiger partial charge in [-0.3, -0.25) is 0 Å². The maximum atomic E-state index is 3.54. The Balaban J connectivity index is 1.81. The first kappa shape index (κ1) is 8.55. The third kappa shape index (κ3) is 1.66. The predicted octanol–water partition coefficient (Wildman–Crippen LogP) is 2.56. The van der Waals surface area contributed by atoms with Crippen LogP contribution in [0.25, 0.3) is 0 Å². The highest BCUT2D eigenvalue weighted by molar-refractivity contribution is 4.89. The lowest BCUT2D eigenvalue weighted by Gasteiger charge is -2.42. The molecule has 0 aromatic carbocycles. The average Bonchev–Trinajstić information content (AvgIpc) is 1.89. The Morgan fingerprint density at radius 2 is 1.67 bits per heavy atom. The molecule has 1 N–H and O–H groups in total. The summed E-state index contributed by atoms with van der Waals surface area (Å²) >= 11 is 0. The molecule has 1 atom stereocenters. The molecule has 0 bridgehead atoms. The first-order valence-electron chi connectivity index (χ1n) is 5.41. The number of rotatable bonds is 1. The molecule has 2 fully saturated rings. The molecule has 1 aliphatic heterocycles. The zero-order chi connectivity index (χ0) is 8.60. The molecule has 1 saturated carbocycles. The fourth-order valence-corrected chi connectivity index (χ4v) is 2.54. The van der Waals surface area contributed by atoms with Crippen LogP contribution in [0.4, 0.5) is 0 Å². The van der Waals surface area contributed by atoms with Crippen molar-refractivity contribution in [1.29, 1.82) is 0 Å². The second-order valence-corrected chi connectivity index (χ2v) is 5.35. The normalized spacial score (nSPS) is 36.0. The molecule has 1 aliphatic carbocycles. The summed E-state index contributed by atoms with van der Waals surface area (Å²) in [5.41, 5.74) is 0.639. The van der Waals surface area contributed by atoms with Crippen molar-refractivity contribution >= 4 is 0 Å². The Bertz CT molecular complexity index is 148. The summed E-state index contributed by atoms with van der Waals surface area (Å²) in [6, 6.07) is 0.890. The van der Waals surface area contributed by atoms with E-state index in [4.69, 9.17) is 0 Å². The van der Waals surface area contributed by atoms with Crippen molar-refractivity contribution in [3.05, 3.63) is 0 Å². The van der Waals surface area contributed by atoms with Gasteiger partial charge in [0.15, 0.2) is 0 Å². The van der Waals surface area contributed by atoms with E-state index in [2.05, 4.69) is 19.2 Å². The highest BCUT2D eigenvalue weighted by atomic mass is 15.0. The van der Waals surface area contributed by atoms with Gasteiger partial charge in [0, 0.05) is 6.04 Å². The first-order valence-corrected chi connectivity index (χ1v) is 5.41.